The fraction of sp³-hybridized carbons (Fsp3) is 0.263. The predicted molar refractivity (Wildman–Crippen MR) is 105 cm³/mol. The number of pyridine rings is 1. The van der Waals surface area contributed by atoms with Gasteiger partial charge in [0, 0.05) is 35.8 Å². The van der Waals surface area contributed by atoms with E-state index in [-0.39, 0.29) is 0 Å². The van der Waals surface area contributed by atoms with Crippen molar-refractivity contribution in [3.63, 3.8) is 0 Å². The van der Waals surface area contributed by atoms with Gasteiger partial charge in [0.25, 0.3) is 0 Å². The molecule has 0 fully saturated rings. The van der Waals surface area contributed by atoms with Crippen LogP contribution in [0, 0.1) is 0 Å². The van der Waals surface area contributed by atoms with E-state index in [4.69, 9.17) is 16.3 Å². The van der Waals surface area contributed by atoms with Gasteiger partial charge >= 0.3 is 6.18 Å². The van der Waals surface area contributed by atoms with E-state index in [1.807, 2.05) is 0 Å². The molecule has 29 heavy (non-hydrogen) atoms. The first-order chi connectivity index (χ1) is 13.8. The average molecular weight is 444 g/mol. The monoisotopic (exact) mass is 443 g/mol. The SMILES string of the molecule is O[C@@H](CNCCOc1ccc(-c2nc(C(F)(F)F)cs2)cc1)c1ccc(Cl)nc1. The molecule has 0 aliphatic heterocycles. The Morgan fingerprint density at radius 3 is 2.55 bits per heavy atom. The number of benzene rings is 1. The second-order valence-electron chi connectivity index (χ2n) is 6.04. The molecule has 3 rings (SSSR count). The predicted octanol–water partition coefficient (Wildman–Crippen LogP) is 4.58. The van der Waals surface area contributed by atoms with E-state index >= 15 is 0 Å². The minimum Gasteiger partial charge on any atom is -0.492 e. The second kappa shape index (κ2) is 9.53. The van der Waals surface area contributed by atoms with Crippen molar-refractivity contribution in [2.75, 3.05) is 19.7 Å². The van der Waals surface area contributed by atoms with Gasteiger partial charge in [-0.3, -0.25) is 0 Å². The van der Waals surface area contributed by atoms with Gasteiger partial charge in [0.05, 0.1) is 6.10 Å². The molecule has 0 saturated heterocycles. The van der Waals surface area contributed by atoms with Gasteiger partial charge in [-0.15, -0.1) is 11.3 Å². The molecule has 10 heteroatoms. The number of nitrogens with zero attached hydrogens (tertiary/aromatic N) is 2. The van der Waals surface area contributed by atoms with Crippen LogP contribution in [0.15, 0.2) is 48.0 Å². The number of aromatic nitrogens is 2. The van der Waals surface area contributed by atoms with Crippen LogP contribution >= 0.6 is 22.9 Å². The van der Waals surface area contributed by atoms with Gasteiger partial charge < -0.3 is 15.2 Å². The molecule has 0 spiro atoms. The van der Waals surface area contributed by atoms with Crippen molar-refractivity contribution in [1.29, 1.82) is 0 Å². The molecule has 1 aromatic carbocycles. The first-order valence-electron chi connectivity index (χ1n) is 8.59. The summed E-state index contributed by atoms with van der Waals surface area (Å²) in [4.78, 5) is 7.54. The van der Waals surface area contributed by atoms with E-state index in [9.17, 15) is 18.3 Å². The fourth-order valence-corrected chi connectivity index (χ4v) is 3.36. The molecule has 2 N–H and O–H groups in total. The maximum Gasteiger partial charge on any atom is 0.434 e. The minimum atomic E-state index is -4.44. The van der Waals surface area contributed by atoms with Gasteiger partial charge in [0.15, 0.2) is 5.69 Å². The first kappa shape index (κ1) is 21.5. The van der Waals surface area contributed by atoms with Crippen molar-refractivity contribution in [2.45, 2.75) is 12.3 Å². The Morgan fingerprint density at radius 1 is 1.17 bits per heavy atom. The zero-order chi connectivity index (χ0) is 20.9. The van der Waals surface area contributed by atoms with Crippen LogP contribution in [0.25, 0.3) is 10.6 Å². The van der Waals surface area contributed by atoms with Crippen LogP contribution in [0.3, 0.4) is 0 Å². The number of hydrogen-bond donors (Lipinski definition) is 2. The third kappa shape index (κ3) is 6.14. The highest BCUT2D eigenvalue weighted by molar-refractivity contribution is 7.13. The smallest absolute Gasteiger partial charge is 0.434 e. The summed E-state index contributed by atoms with van der Waals surface area (Å²) in [6.07, 6.45) is -3.63. The van der Waals surface area contributed by atoms with Crippen LogP contribution in [-0.4, -0.2) is 34.8 Å². The Kier molecular flexibility index (Phi) is 7.07. The summed E-state index contributed by atoms with van der Waals surface area (Å²) in [5, 5.41) is 14.8. The number of aliphatic hydroxyl groups is 1. The number of alkyl halides is 3. The van der Waals surface area contributed by atoms with Crippen molar-refractivity contribution < 1.29 is 23.0 Å². The molecule has 2 aromatic heterocycles. The van der Waals surface area contributed by atoms with Crippen LogP contribution in [0.4, 0.5) is 13.2 Å². The van der Waals surface area contributed by atoms with Gasteiger partial charge in [-0.1, -0.05) is 17.7 Å². The summed E-state index contributed by atoms with van der Waals surface area (Å²) >= 11 is 6.65. The van der Waals surface area contributed by atoms with E-state index in [0.29, 0.717) is 46.7 Å². The number of nitrogens with one attached hydrogen (secondary N) is 1. The highest BCUT2D eigenvalue weighted by atomic mass is 35.5. The van der Waals surface area contributed by atoms with Crippen LogP contribution < -0.4 is 10.1 Å². The molecule has 0 radical (unpaired) electrons. The number of rotatable bonds is 8. The zero-order valence-corrected chi connectivity index (χ0v) is 16.6. The molecule has 154 valence electrons. The number of hydrogen-bond acceptors (Lipinski definition) is 6. The quantitative estimate of drug-likeness (QED) is 0.394. The van der Waals surface area contributed by atoms with Crippen molar-refractivity contribution in [3.05, 3.63) is 64.4 Å². The van der Waals surface area contributed by atoms with Gasteiger partial charge in [-0.05, 0) is 30.3 Å². The lowest BCUT2D eigenvalue weighted by Gasteiger charge is -2.12. The second-order valence-corrected chi connectivity index (χ2v) is 7.29. The highest BCUT2D eigenvalue weighted by Gasteiger charge is 2.33. The van der Waals surface area contributed by atoms with E-state index < -0.39 is 18.0 Å². The zero-order valence-electron chi connectivity index (χ0n) is 15.0. The summed E-state index contributed by atoms with van der Waals surface area (Å²) in [6.45, 7) is 1.19. The van der Waals surface area contributed by atoms with Gasteiger partial charge in [0.1, 0.15) is 22.5 Å². The van der Waals surface area contributed by atoms with Gasteiger partial charge in [0.2, 0.25) is 0 Å². The highest BCUT2D eigenvalue weighted by Crippen LogP contribution is 2.33. The molecule has 0 aliphatic rings. The van der Waals surface area contributed by atoms with Crippen molar-refractivity contribution in [3.8, 4) is 16.3 Å². The lowest BCUT2D eigenvalue weighted by molar-refractivity contribution is -0.140. The standard InChI is InChI=1S/C19H17ClF3N3O2S/c20-17-6-3-13(9-25-17)15(27)10-24-7-8-28-14-4-1-12(2-5-14)18-26-16(11-29-18)19(21,22)23/h1-6,9,11,15,24,27H,7-8,10H2/t15-/m0/s1. The van der Waals surface area contributed by atoms with Crippen LogP contribution in [0.1, 0.15) is 17.4 Å². The largest absolute Gasteiger partial charge is 0.492 e. The topological polar surface area (TPSA) is 67.3 Å². The normalized spacial score (nSPS) is 12.7. The summed E-state index contributed by atoms with van der Waals surface area (Å²) in [6, 6.07) is 10.0. The molecule has 0 saturated carbocycles. The third-order valence-electron chi connectivity index (χ3n) is 3.92. The Hall–Kier alpha value is -2.20. The van der Waals surface area contributed by atoms with E-state index in [1.165, 1.54) is 6.20 Å². The lowest BCUT2D eigenvalue weighted by atomic mass is 10.1. The number of halogens is 4. The molecular weight excluding hydrogens is 427 g/mol. The van der Waals surface area contributed by atoms with Gasteiger partial charge in [-0.25, -0.2) is 9.97 Å². The van der Waals surface area contributed by atoms with Crippen molar-refractivity contribution in [2.24, 2.45) is 0 Å². The van der Waals surface area contributed by atoms with Crippen LogP contribution in [-0.2, 0) is 6.18 Å². The average Bonchev–Trinajstić information content (AvgIpc) is 3.19. The molecule has 5 nitrogen and oxygen atoms in total. The summed E-state index contributed by atoms with van der Waals surface area (Å²) in [7, 11) is 0. The minimum absolute atomic E-state index is 0.302. The van der Waals surface area contributed by atoms with Crippen molar-refractivity contribution in [1.82, 2.24) is 15.3 Å². The summed E-state index contributed by atoms with van der Waals surface area (Å²) in [5.41, 5.74) is 0.366. The maximum atomic E-state index is 12.6. The van der Waals surface area contributed by atoms with E-state index in [0.717, 1.165) is 16.7 Å². The fourth-order valence-electron chi connectivity index (χ4n) is 2.41. The first-order valence-corrected chi connectivity index (χ1v) is 9.85. The van der Waals surface area contributed by atoms with Crippen LogP contribution in [0.5, 0.6) is 5.75 Å². The lowest BCUT2D eigenvalue weighted by Crippen LogP contribution is -2.26. The summed E-state index contributed by atoms with van der Waals surface area (Å²) < 4.78 is 43.5. The van der Waals surface area contributed by atoms with Gasteiger partial charge in [-0.2, -0.15) is 13.2 Å². The van der Waals surface area contributed by atoms with E-state index in [1.54, 1.807) is 36.4 Å². The summed E-state index contributed by atoms with van der Waals surface area (Å²) in [5.74, 6) is 0.589. The number of aliphatic hydroxyl groups excluding tert-OH is 1. The number of ether oxygens (including phenoxy) is 1. The Labute approximate surface area is 174 Å². The Bertz CT molecular complexity index is 918. The Balaban J connectivity index is 1.42. The van der Waals surface area contributed by atoms with E-state index in [2.05, 4.69) is 15.3 Å². The number of thiazole rings is 1. The molecule has 2 heterocycles. The van der Waals surface area contributed by atoms with Crippen molar-refractivity contribution >= 4 is 22.9 Å². The molecule has 0 aliphatic carbocycles. The molecule has 0 unspecified atom stereocenters. The molecule has 0 bridgehead atoms. The maximum absolute atomic E-state index is 12.6. The van der Waals surface area contributed by atoms with Crippen LogP contribution in [0.2, 0.25) is 5.15 Å². The molecular formula is C19H17ClF3N3O2S. The molecule has 3 aromatic rings. The molecule has 0 amide bonds. The molecule has 1 atom stereocenters. The third-order valence-corrected chi connectivity index (χ3v) is 5.03. The Morgan fingerprint density at radius 2 is 1.93 bits per heavy atom.